The largest absolute Gasteiger partial charge is 0.423 e. The molecule has 35 heavy (non-hydrogen) atoms. The number of benzene rings is 4. The van der Waals surface area contributed by atoms with Crippen LogP contribution in [0.25, 0.3) is 0 Å². The minimum atomic E-state index is -3.92. The molecule has 6 heteroatoms. The van der Waals surface area contributed by atoms with Crippen molar-refractivity contribution in [3.63, 3.8) is 0 Å². The number of nitrogens with zero attached hydrogens (tertiary/aromatic N) is 1. The predicted molar refractivity (Wildman–Crippen MR) is 136 cm³/mol. The quantitative estimate of drug-likeness (QED) is 0.282. The van der Waals surface area contributed by atoms with E-state index in [1.807, 2.05) is 91.0 Å². The summed E-state index contributed by atoms with van der Waals surface area (Å²) in [4.78, 5) is 4.77. The number of hydrogen-bond donors (Lipinski definition) is 1. The molecule has 0 unspecified atom stereocenters. The number of aromatic nitrogens is 1. The second kappa shape index (κ2) is 9.99. The van der Waals surface area contributed by atoms with E-state index in [2.05, 4.69) is 10.3 Å². The Morgan fingerprint density at radius 3 is 1.71 bits per heavy atom. The van der Waals surface area contributed by atoms with E-state index in [4.69, 9.17) is 4.42 Å². The number of sulfone groups is 1. The molecule has 4 aromatic carbocycles. The minimum absolute atomic E-state index is 0.119. The van der Waals surface area contributed by atoms with Gasteiger partial charge in [0.2, 0.25) is 26.6 Å². The summed E-state index contributed by atoms with van der Waals surface area (Å²) in [5.74, 6) is 0.0754. The van der Waals surface area contributed by atoms with Gasteiger partial charge in [-0.05, 0) is 28.8 Å². The van der Waals surface area contributed by atoms with E-state index in [0.717, 1.165) is 16.7 Å². The van der Waals surface area contributed by atoms with Gasteiger partial charge in [-0.1, -0.05) is 109 Å². The number of rotatable bonds is 8. The summed E-state index contributed by atoms with van der Waals surface area (Å²) in [6, 6.07) is 37.7. The molecule has 0 spiro atoms. The molecule has 5 aromatic rings. The van der Waals surface area contributed by atoms with Crippen molar-refractivity contribution in [3.05, 3.63) is 144 Å². The van der Waals surface area contributed by atoms with Crippen LogP contribution in [-0.4, -0.2) is 13.4 Å². The maximum Gasteiger partial charge on any atom is 0.233 e. The lowest BCUT2D eigenvalue weighted by atomic mass is 9.91. The Kier molecular flexibility index (Phi) is 6.46. The lowest BCUT2D eigenvalue weighted by Crippen LogP contribution is -2.08. The zero-order valence-electron chi connectivity index (χ0n) is 18.9. The Morgan fingerprint density at radius 2 is 1.17 bits per heavy atom. The summed E-state index contributed by atoms with van der Waals surface area (Å²) < 4.78 is 33.4. The van der Waals surface area contributed by atoms with Crippen LogP contribution in [0.5, 0.6) is 0 Å². The monoisotopic (exact) mass is 480 g/mol. The summed E-state index contributed by atoms with van der Waals surface area (Å²) in [6.45, 7) is 0.397. The average Bonchev–Trinajstić information content (AvgIpc) is 3.34. The molecular formula is C29H24N2O3S. The average molecular weight is 481 g/mol. The highest BCUT2D eigenvalue weighted by Gasteiger charge is 2.31. The van der Waals surface area contributed by atoms with Crippen LogP contribution in [0.4, 0.5) is 5.88 Å². The second-order valence-corrected chi connectivity index (χ2v) is 9.96. The zero-order chi connectivity index (χ0) is 24.1. The molecule has 0 aliphatic heterocycles. The summed E-state index contributed by atoms with van der Waals surface area (Å²) in [5.41, 5.74) is 2.91. The fourth-order valence-electron chi connectivity index (χ4n) is 4.00. The first kappa shape index (κ1) is 22.6. The first-order valence-electron chi connectivity index (χ1n) is 11.3. The topological polar surface area (TPSA) is 72.2 Å². The van der Waals surface area contributed by atoms with E-state index in [1.54, 1.807) is 30.3 Å². The maximum absolute atomic E-state index is 13.6. The molecule has 0 bridgehead atoms. The first-order chi connectivity index (χ1) is 17.1. The lowest BCUT2D eigenvalue weighted by Gasteiger charge is -2.14. The van der Waals surface area contributed by atoms with Crippen molar-refractivity contribution in [2.75, 3.05) is 5.32 Å². The van der Waals surface area contributed by atoms with Gasteiger partial charge < -0.3 is 9.73 Å². The molecule has 0 aliphatic rings. The highest BCUT2D eigenvalue weighted by Crippen LogP contribution is 2.36. The van der Waals surface area contributed by atoms with Gasteiger partial charge in [0, 0.05) is 6.54 Å². The van der Waals surface area contributed by atoms with Crippen LogP contribution in [0.15, 0.2) is 136 Å². The third kappa shape index (κ3) is 4.88. The molecule has 5 rings (SSSR count). The SMILES string of the molecule is O=S(=O)(c1ccccc1)c1nc(C(c2ccccc2)c2ccccc2)oc1NCc1ccccc1. The van der Waals surface area contributed by atoms with Gasteiger partial charge in [0.15, 0.2) is 0 Å². The Balaban J connectivity index is 1.63. The van der Waals surface area contributed by atoms with E-state index in [1.165, 1.54) is 0 Å². The van der Waals surface area contributed by atoms with E-state index in [9.17, 15) is 8.42 Å². The third-order valence-electron chi connectivity index (χ3n) is 5.73. The predicted octanol–water partition coefficient (Wildman–Crippen LogP) is 6.30. The minimum Gasteiger partial charge on any atom is -0.423 e. The number of hydrogen-bond acceptors (Lipinski definition) is 5. The Bertz CT molecular complexity index is 1450. The fourth-order valence-corrected chi connectivity index (χ4v) is 5.30. The third-order valence-corrected chi connectivity index (χ3v) is 7.41. The van der Waals surface area contributed by atoms with Gasteiger partial charge in [-0.15, -0.1) is 0 Å². The van der Waals surface area contributed by atoms with E-state index >= 15 is 0 Å². The number of nitrogens with one attached hydrogen (secondary N) is 1. The Morgan fingerprint density at radius 1 is 0.686 bits per heavy atom. The van der Waals surface area contributed by atoms with Crippen LogP contribution >= 0.6 is 0 Å². The van der Waals surface area contributed by atoms with Crippen LogP contribution < -0.4 is 5.32 Å². The zero-order valence-corrected chi connectivity index (χ0v) is 19.7. The van der Waals surface area contributed by atoms with Gasteiger partial charge in [-0.3, -0.25) is 0 Å². The van der Waals surface area contributed by atoms with Gasteiger partial charge in [0.1, 0.15) is 0 Å². The van der Waals surface area contributed by atoms with Crippen molar-refractivity contribution in [2.45, 2.75) is 22.4 Å². The van der Waals surface area contributed by atoms with Crippen LogP contribution in [0.1, 0.15) is 28.5 Å². The molecule has 174 valence electrons. The number of oxazole rings is 1. The van der Waals surface area contributed by atoms with E-state index in [-0.39, 0.29) is 21.7 Å². The van der Waals surface area contributed by atoms with Gasteiger partial charge >= 0.3 is 0 Å². The van der Waals surface area contributed by atoms with Gasteiger partial charge in [0.05, 0.1) is 10.8 Å². The Labute approximate surface area is 205 Å². The molecular weight excluding hydrogens is 456 g/mol. The highest BCUT2D eigenvalue weighted by atomic mass is 32.2. The van der Waals surface area contributed by atoms with Crippen LogP contribution in [0.2, 0.25) is 0 Å². The summed E-state index contributed by atoms with van der Waals surface area (Å²) in [5, 5.41) is 3.06. The van der Waals surface area contributed by atoms with Crippen molar-refractivity contribution < 1.29 is 12.8 Å². The fraction of sp³-hybridized carbons (Fsp3) is 0.0690. The molecule has 0 aliphatic carbocycles. The number of anilines is 1. The molecule has 0 saturated carbocycles. The summed E-state index contributed by atoms with van der Waals surface area (Å²) in [7, 11) is -3.92. The normalized spacial score (nSPS) is 11.5. The van der Waals surface area contributed by atoms with Crippen molar-refractivity contribution in [1.82, 2.24) is 4.98 Å². The molecule has 0 atom stereocenters. The molecule has 0 radical (unpaired) electrons. The van der Waals surface area contributed by atoms with Crippen LogP contribution in [-0.2, 0) is 16.4 Å². The summed E-state index contributed by atoms with van der Waals surface area (Å²) in [6.07, 6.45) is 0. The molecule has 1 N–H and O–H groups in total. The van der Waals surface area contributed by atoms with Gasteiger partial charge in [-0.25, -0.2) is 8.42 Å². The lowest BCUT2D eigenvalue weighted by molar-refractivity contribution is 0.498. The van der Waals surface area contributed by atoms with Crippen LogP contribution in [0, 0.1) is 0 Å². The van der Waals surface area contributed by atoms with Gasteiger partial charge in [-0.2, -0.15) is 4.98 Å². The van der Waals surface area contributed by atoms with Crippen LogP contribution in [0.3, 0.4) is 0 Å². The molecule has 1 heterocycles. The van der Waals surface area contributed by atoms with Crippen molar-refractivity contribution in [2.24, 2.45) is 0 Å². The van der Waals surface area contributed by atoms with Crippen molar-refractivity contribution in [3.8, 4) is 0 Å². The first-order valence-corrected chi connectivity index (χ1v) is 12.8. The molecule has 0 amide bonds. The Hall–Kier alpha value is -4.16. The summed E-state index contributed by atoms with van der Waals surface area (Å²) >= 11 is 0. The second-order valence-electron chi connectivity index (χ2n) is 8.10. The standard InChI is InChI=1S/C29H24N2O3S/c32-35(33,25-19-11-4-12-20-25)29-28(30-21-22-13-5-1-6-14-22)34-27(31-29)26(23-15-7-2-8-16-23)24-17-9-3-10-18-24/h1-20,26,30H,21H2. The highest BCUT2D eigenvalue weighted by molar-refractivity contribution is 7.91. The molecule has 0 fully saturated rings. The van der Waals surface area contributed by atoms with Gasteiger partial charge in [0.25, 0.3) is 0 Å². The van der Waals surface area contributed by atoms with Crippen molar-refractivity contribution >= 4 is 15.7 Å². The molecule has 1 aromatic heterocycles. The van der Waals surface area contributed by atoms with Crippen molar-refractivity contribution in [1.29, 1.82) is 0 Å². The maximum atomic E-state index is 13.6. The van der Waals surface area contributed by atoms with E-state index < -0.39 is 9.84 Å². The smallest absolute Gasteiger partial charge is 0.233 e. The molecule has 0 saturated heterocycles. The molecule has 5 nitrogen and oxygen atoms in total. The van der Waals surface area contributed by atoms with E-state index in [0.29, 0.717) is 12.4 Å².